The standard InChI is InChI=1S/C14H27NO5S/c1-13(2)6-8-14(17,9-7-13)11-15-21(18,19)10-4-5-12(16)20-3/h15,17H,4-11H2,1-3H3. The van der Waals surface area contributed by atoms with Gasteiger partial charge in [-0.2, -0.15) is 0 Å². The van der Waals surface area contributed by atoms with Crippen molar-refractivity contribution in [3.05, 3.63) is 0 Å². The van der Waals surface area contributed by atoms with Gasteiger partial charge in [-0.05, 0) is 37.5 Å². The molecule has 1 saturated carbocycles. The molecule has 1 aliphatic rings. The van der Waals surface area contributed by atoms with Crippen LogP contribution in [0.2, 0.25) is 0 Å². The minimum atomic E-state index is -3.47. The van der Waals surface area contributed by atoms with E-state index in [0.717, 1.165) is 12.8 Å². The van der Waals surface area contributed by atoms with Crippen molar-refractivity contribution in [3.8, 4) is 0 Å². The zero-order chi connectivity index (χ0) is 16.1. The number of ether oxygens (including phenoxy) is 1. The topological polar surface area (TPSA) is 92.7 Å². The molecule has 21 heavy (non-hydrogen) atoms. The van der Waals surface area contributed by atoms with Crippen molar-refractivity contribution in [1.29, 1.82) is 0 Å². The molecule has 0 unspecified atom stereocenters. The Balaban J connectivity index is 2.37. The predicted molar refractivity (Wildman–Crippen MR) is 80.2 cm³/mol. The first-order valence-corrected chi connectivity index (χ1v) is 8.99. The highest BCUT2D eigenvalue weighted by molar-refractivity contribution is 7.89. The minimum Gasteiger partial charge on any atom is -0.469 e. The highest BCUT2D eigenvalue weighted by atomic mass is 32.2. The van der Waals surface area contributed by atoms with Crippen LogP contribution in [-0.4, -0.2) is 44.5 Å². The van der Waals surface area contributed by atoms with Gasteiger partial charge in [-0.3, -0.25) is 4.79 Å². The van der Waals surface area contributed by atoms with E-state index in [1.54, 1.807) is 0 Å². The number of esters is 1. The Morgan fingerprint density at radius 2 is 1.81 bits per heavy atom. The summed E-state index contributed by atoms with van der Waals surface area (Å²) >= 11 is 0. The molecule has 0 aliphatic heterocycles. The van der Waals surface area contributed by atoms with Gasteiger partial charge in [-0.25, -0.2) is 13.1 Å². The first-order chi connectivity index (χ1) is 9.58. The van der Waals surface area contributed by atoms with Crippen LogP contribution in [0.5, 0.6) is 0 Å². The number of rotatable bonds is 7. The molecule has 0 heterocycles. The summed E-state index contributed by atoms with van der Waals surface area (Å²) in [5.41, 5.74) is -0.740. The van der Waals surface area contributed by atoms with Gasteiger partial charge in [-0.15, -0.1) is 0 Å². The van der Waals surface area contributed by atoms with Gasteiger partial charge >= 0.3 is 5.97 Å². The lowest BCUT2D eigenvalue weighted by Crippen LogP contribution is -2.47. The Labute approximate surface area is 127 Å². The van der Waals surface area contributed by atoms with Crippen molar-refractivity contribution in [2.24, 2.45) is 5.41 Å². The summed E-state index contributed by atoms with van der Waals surface area (Å²) in [7, 11) is -2.20. The van der Waals surface area contributed by atoms with Crippen LogP contribution in [0, 0.1) is 5.41 Å². The molecule has 0 amide bonds. The third kappa shape index (κ3) is 6.76. The van der Waals surface area contributed by atoms with Gasteiger partial charge in [0.2, 0.25) is 10.0 Å². The highest BCUT2D eigenvalue weighted by Gasteiger charge is 2.37. The SMILES string of the molecule is COC(=O)CCCS(=O)(=O)NCC1(O)CCC(C)(C)CC1. The number of sulfonamides is 1. The predicted octanol–water partition coefficient (Wildman–Crippen LogP) is 1.19. The summed E-state index contributed by atoms with van der Waals surface area (Å²) in [5.74, 6) is -0.553. The number of hydrogen-bond acceptors (Lipinski definition) is 5. The van der Waals surface area contributed by atoms with E-state index in [4.69, 9.17) is 0 Å². The molecule has 0 saturated heterocycles. The van der Waals surface area contributed by atoms with E-state index in [-0.39, 0.29) is 30.6 Å². The van der Waals surface area contributed by atoms with E-state index in [1.165, 1.54) is 7.11 Å². The average molecular weight is 321 g/mol. The second-order valence-electron chi connectivity index (χ2n) is 6.71. The molecule has 0 atom stereocenters. The molecule has 0 aromatic carbocycles. The minimum absolute atomic E-state index is 0.0453. The van der Waals surface area contributed by atoms with Crippen molar-refractivity contribution < 1.29 is 23.1 Å². The van der Waals surface area contributed by atoms with Crippen LogP contribution >= 0.6 is 0 Å². The monoisotopic (exact) mass is 321 g/mol. The maximum atomic E-state index is 11.8. The van der Waals surface area contributed by atoms with Crippen LogP contribution in [0.3, 0.4) is 0 Å². The number of carbonyl (C=O) groups excluding carboxylic acids is 1. The van der Waals surface area contributed by atoms with Crippen molar-refractivity contribution >= 4 is 16.0 Å². The molecule has 0 spiro atoms. The van der Waals surface area contributed by atoms with E-state index in [0.29, 0.717) is 12.8 Å². The molecular weight excluding hydrogens is 294 g/mol. The molecule has 6 nitrogen and oxygen atoms in total. The van der Waals surface area contributed by atoms with Crippen LogP contribution in [0.1, 0.15) is 52.4 Å². The zero-order valence-corrected chi connectivity index (χ0v) is 14.0. The quantitative estimate of drug-likeness (QED) is 0.687. The largest absolute Gasteiger partial charge is 0.469 e. The molecule has 0 bridgehead atoms. The molecule has 0 radical (unpaired) electrons. The van der Waals surface area contributed by atoms with Gasteiger partial charge in [0.15, 0.2) is 0 Å². The zero-order valence-electron chi connectivity index (χ0n) is 13.1. The van der Waals surface area contributed by atoms with E-state index < -0.39 is 21.6 Å². The third-order valence-corrected chi connectivity index (χ3v) is 5.59. The van der Waals surface area contributed by atoms with E-state index in [2.05, 4.69) is 23.3 Å². The molecular formula is C14H27NO5S. The third-order valence-electron chi connectivity index (χ3n) is 4.18. The van der Waals surface area contributed by atoms with Crippen LogP contribution in [0.15, 0.2) is 0 Å². The second-order valence-corrected chi connectivity index (χ2v) is 8.63. The first kappa shape index (κ1) is 18.4. The summed E-state index contributed by atoms with van der Waals surface area (Å²) < 4.78 is 30.6. The molecule has 1 aliphatic carbocycles. The summed E-state index contributed by atoms with van der Waals surface area (Å²) in [6.45, 7) is 4.36. The highest BCUT2D eigenvalue weighted by Crippen LogP contribution is 2.39. The molecule has 1 fully saturated rings. The maximum Gasteiger partial charge on any atom is 0.305 e. The van der Waals surface area contributed by atoms with E-state index >= 15 is 0 Å². The van der Waals surface area contributed by atoms with Gasteiger partial charge in [-0.1, -0.05) is 13.8 Å². The summed E-state index contributed by atoms with van der Waals surface area (Å²) in [4.78, 5) is 10.9. The summed E-state index contributed by atoms with van der Waals surface area (Å²) in [6.07, 6.45) is 3.26. The number of hydrogen-bond donors (Lipinski definition) is 2. The Morgan fingerprint density at radius 1 is 1.24 bits per heavy atom. The number of aliphatic hydroxyl groups is 1. The Hall–Kier alpha value is -0.660. The molecule has 7 heteroatoms. The second kappa shape index (κ2) is 7.07. The molecule has 0 aromatic rings. The smallest absolute Gasteiger partial charge is 0.305 e. The summed E-state index contributed by atoms with van der Waals surface area (Å²) in [6, 6.07) is 0. The van der Waals surface area contributed by atoms with Crippen molar-refractivity contribution in [2.75, 3.05) is 19.4 Å². The normalized spacial score (nSPS) is 21.0. The fraction of sp³-hybridized carbons (Fsp3) is 0.929. The maximum absolute atomic E-state index is 11.8. The Bertz CT molecular complexity index is 448. The van der Waals surface area contributed by atoms with Crippen LogP contribution in [-0.2, 0) is 19.6 Å². The van der Waals surface area contributed by atoms with Gasteiger partial charge in [0.05, 0.1) is 18.5 Å². The molecule has 0 aromatic heterocycles. The van der Waals surface area contributed by atoms with Gasteiger partial charge in [0.25, 0.3) is 0 Å². The summed E-state index contributed by atoms with van der Waals surface area (Å²) in [5, 5.41) is 10.4. The number of methoxy groups -OCH3 is 1. The lowest BCUT2D eigenvalue weighted by Gasteiger charge is -2.40. The fourth-order valence-electron chi connectivity index (χ4n) is 2.39. The van der Waals surface area contributed by atoms with Gasteiger partial charge in [0.1, 0.15) is 0 Å². The number of carbonyl (C=O) groups is 1. The Kier molecular flexibility index (Phi) is 6.19. The molecule has 124 valence electrons. The van der Waals surface area contributed by atoms with Gasteiger partial charge in [0, 0.05) is 13.0 Å². The van der Waals surface area contributed by atoms with Crippen molar-refractivity contribution in [2.45, 2.75) is 58.0 Å². The van der Waals surface area contributed by atoms with Crippen molar-refractivity contribution in [3.63, 3.8) is 0 Å². The van der Waals surface area contributed by atoms with Crippen LogP contribution < -0.4 is 4.72 Å². The van der Waals surface area contributed by atoms with E-state index in [9.17, 15) is 18.3 Å². The lowest BCUT2D eigenvalue weighted by atomic mass is 9.71. The van der Waals surface area contributed by atoms with Crippen LogP contribution in [0.25, 0.3) is 0 Å². The number of nitrogens with one attached hydrogen (secondary N) is 1. The average Bonchev–Trinajstić information content (AvgIpc) is 2.40. The van der Waals surface area contributed by atoms with E-state index in [1.807, 2.05) is 0 Å². The molecule has 1 rings (SSSR count). The van der Waals surface area contributed by atoms with Crippen LogP contribution in [0.4, 0.5) is 0 Å². The van der Waals surface area contributed by atoms with Crippen molar-refractivity contribution in [1.82, 2.24) is 4.72 Å². The lowest BCUT2D eigenvalue weighted by molar-refractivity contribution is -0.140. The Morgan fingerprint density at radius 3 is 2.33 bits per heavy atom. The first-order valence-electron chi connectivity index (χ1n) is 7.34. The fourth-order valence-corrected chi connectivity index (χ4v) is 3.55. The van der Waals surface area contributed by atoms with Gasteiger partial charge < -0.3 is 9.84 Å². The molecule has 2 N–H and O–H groups in total.